The molecule has 8 heteroatoms. The van der Waals surface area contributed by atoms with E-state index < -0.39 is 5.91 Å². The number of primary amides is 1. The van der Waals surface area contributed by atoms with Crippen LogP contribution in [0.2, 0.25) is 0 Å². The van der Waals surface area contributed by atoms with Crippen molar-refractivity contribution >= 4 is 17.5 Å². The minimum atomic E-state index is -0.446. The number of nitrogens with two attached hydrogens (primary N) is 1. The van der Waals surface area contributed by atoms with Crippen LogP contribution in [0.4, 0.5) is 5.69 Å². The van der Waals surface area contributed by atoms with Gasteiger partial charge in [-0.2, -0.15) is 0 Å². The molecule has 3 rings (SSSR count). The fourth-order valence-corrected chi connectivity index (χ4v) is 4.10. The number of likely N-dealkylation sites (tertiary alicyclic amines) is 1. The Hall–Kier alpha value is -3.26. The van der Waals surface area contributed by atoms with Gasteiger partial charge in [-0.1, -0.05) is 6.07 Å². The van der Waals surface area contributed by atoms with Crippen molar-refractivity contribution in [1.29, 1.82) is 0 Å². The van der Waals surface area contributed by atoms with Gasteiger partial charge in [0, 0.05) is 36.3 Å². The van der Waals surface area contributed by atoms with Crippen molar-refractivity contribution in [2.24, 2.45) is 5.73 Å². The Labute approximate surface area is 188 Å². The molecule has 2 N–H and O–H groups in total. The van der Waals surface area contributed by atoms with Crippen molar-refractivity contribution < 1.29 is 23.8 Å². The molecule has 0 spiro atoms. The van der Waals surface area contributed by atoms with E-state index >= 15 is 0 Å². The monoisotopic (exact) mass is 441 g/mol. The van der Waals surface area contributed by atoms with Crippen molar-refractivity contribution in [3.63, 3.8) is 0 Å². The van der Waals surface area contributed by atoms with Crippen molar-refractivity contribution in [2.45, 2.75) is 25.3 Å². The summed E-state index contributed by atoms with van der Waals surface area (Å²) in [5, 5.41) is 0. The highest BCUT2D eigenvalue weighted by Gasteiger charge is 2.31. The molecule has 1 heterocycles. The van der Waals surface area contributed by atoms with Crippen molar-refractivity contribution in [2.75, 3.05) is 45.9 Å². The number of ether oxygens (including phenoxy) is 3. The molecule has 1 aliphatic heterocycles. The summed E-state index contributed by atoms with van der Waals surface area (Å²) in [6.07, 6.45) is 2.00. The summed E-state index contributed by atoms with van der Waals surface area (Å²) in [6, 6.07) is 13.0. The number of hydrogen-bond acceptors (Lipinski definition) is 6. The van der Waals surface area contributed by atoms with Gasteiger partial charge in [-0.25, -0.2) is 0 Å². The Morgan fingerprint density at radius 3 is 2.34 bits per heavy atom. The predicted octanol–water partition coefficient (Wildman–Crippen LogP) is 2.76. The zero-order valence-corrected chi connectivity index (χ0v) is 18.9. The first-order valence-corrected chi connectivity index (χ1v) is 10.7. The first kappa shape index (κ1) is 23.4. The summed E-state index contributed by atoms with van der Waals surface area (Å²) >= 11 is 0. The van der Waals surface area contributed by atoms with Crippen LogP contribution in [0.5, 0.6) is 17.2 Å². The molecular weight excluding hydrogens is 410 g/mol. The van der Waals surface area contributed by atoms with Gasteiger partial charge in [-0.05, 0) is 49.7 Å². The van der Waals surface area contributed by atoms with Gasteiger partial charge in [0.2, 0.25) is 11.8 Å². The molecule has 0 aliphatic carbocycles. The number of rotatable bonds is 10. The Morgan fingerprint density at radius 1 is 1.03 bits per heavy atom. The summed E-state index contributed by atoms with van der Waals surface area (Å²) in [4.78, 5) is 28.5. The quantitative estimate of drug-likeness (QED) is 0.609. The van der Waals surface area contributed by atoms with E-state index in [0.29, 0.717) is 11.4 Å². The second-order valence-electron chi connectivity index (χ2n) is 7.70. The van der Waals surface area contributed by atoms with Gasteiger partial charge in [-0.15, -0.1) is 0 Å². The molecular formula is C24H31N3O5. The average molecular weight is 442 g/mol. The lowest BCUT2D eigenvalue weighted by Crippen LogP contribution is -2.41. The fourth-order valence-electron chi connectivity index (χ4n) is 4.10. The normalized spacial score (nSPS) is 15.9. The fraction of sp³-hybridized carbons (Fsp3) is 0.417. The molecule has 2 amide bonds. The van der Waals surface area contributed by atoms with E-state index in [2.05, 4.69) is 4.90 Å². The van der Waals surface area contributed by atoms with Gasteiger partial charge in [0.1, 0.15) is 17.2 Å². The summed E-state index contributed by atoms with van der Waals surface area (Å²) in [5.74, 6) is 1.63. The first-order chi connectivity index (χ1) is 15.5. The maximum Gasteiger partial charge on any atom is 0.241 e. The maximum atomic E-state index is 13.3. The number of carbonyl (C=O) groups is 2. The van der Waals surface area contributed by atoms with E-state index in [0.717, 1.165) is 36.4 Å². The second kappa shape index (κ2) is 10.9. The molecule has 1 atom stereocenters. The van der Waals surface area contributed by atoms with Crippen LogP contribution in [0.3, 0.4) is 0 Å². The van der Waals surface area contributed by atoms with Crippen molar-refractivity contribution in [3.8, 4) is 17.2 Å². The molecule has 2 aromatic carbocycles. The summed E-state index contributed by atoms with van der Waals surface area (Å²) in [7, 11) is 4.85. The largest absolute Gasteiger partial charge is 0.497 e. The number of hydrogen-bond donors (Lipinski definition) is 1. The van der Waals surface area contributed by atoms with Gasteiger partial charge in [0.15, 0.2) is 0 Å². The smallest absolute Gasteiger partial charge is 0.241 e. The number of amides is 2. The van der Waals surface area contributed by atoms with E-state index in [9.17, 15) is 9.59 Å². The van der Waals surface area contributed by atoms with E-state index in [1.165, 1.54) is 0 Å². The standard InChI is InChI=1S/C24H31N3O5/c1-30-18-8-6-17(7-9-18)27(14-12-23(25)28)24(29)16-26-13-4-5-21(26)20-11-10-19(31-2)15-22(20)32-3/h6-11,15,21H,4-5,12-14,16H2,1-3H3,(H2,25,28). The third-order valence-corrected chi connectivity index (χ3v) is 5.77. The van der Waals surface area contributed by atoms with Crippen molar-refractivity contribution in [1.82, 2.24) is 4.90 Å². The molecule has 172 valence electrons. The number of anilines is 1. The Balaban J connectivity index is 1.80. The van der Waals surface area contributed by atoms with Crippen LogP contribution < -0.4 is 24.8 Å². The Kier molecular flexibility index (Phi) is 7.94. The van der Waals surface area contributed by atoms with Gasteiger partial charge < -0.3 is 24.8 Å². The Bertz CT molecular complexity index is 932. The molecule has 1 fully saturated rings. The van der Waals surface area contributed by atoms with Crippen LogP contribution in [0, 0.1) is 0 Å². The molecule has 8 nitrogen and oxygen atoms in total. The highest BCUT2D eigenvalue weighted by atomic mass is 16.5. The lowest BCUT2D eigenvalue weighted by atomic mass is 10.0. The second-order valence-corrected chi connectivity index (χ2v) is 7.70. The van der Waals surface area contributed by atoms with E-state index in [-0.39, 0.29) is 31.5 Å². The minimum Gasteiger partial charge on any atom is -0.497 e. The van der Waals surface area contributed by atoms with Crippen LogP contribution in [0.15, 0.2) is 42.5 Å². The third-order valence-electron chi connectivity index (χ3n) is 5.77. The highest BCUT2D eigenvalue weighted by molar-refractivity contribution is 5.95. The zero-order valence-electron chi connectivity index (χ0n) is 18.9. The molecule has 0 saturated carbocycles. The Morgan fingerprint density at radius 2 is 1.72 bits per heavy atom. The van der Waals surface area contributed by atoms with E-state index in [1.807, 2.05) is 30.3 Å². The lowest BCUT2D eigenvalue weighted by molar-refractivity contribution is -0.120. The molecule has 0 radical (unpaired) electrons. The SMILES string of the molecule is COc1ccc(N(CCC(N)=O)C(=O)CN2CCCC2c2ccc(OC)cc2OC)cc1. The molecule has 0 aromatic heterocycles. The molecule has 0 bridgehead atoms. The lowest BCUT2D eigenvalue weighted by Gasteiger charge is -2.29. The summed E-state index contributed by atoms with van der Waals surface area (Å²) in [6.45, 7) is 1.26. The molecule has 1 saturated heterocycles. The van der Waals surface area contributed by atoms with Gasteiger partial charge >= 0.3 is 0 Å². The number of carbonyl (C=O) groups excluding carboxylic acids is 2. The molecule has 1 aliphatic rings. The van der Waals surface area contributed by atoms with Crippen LogP contribution in [-0.2, 0) is 9.59 Å². The summed E-state index contributed by atoms with van der Waals surface area (Å²) in [5.41, 5.74) is 7.09. The topological polar surface area (TPSA) is 94.3 Å². The molecule has 1 unspecified atom stereocenters. The van der Waals surface area contributed by atoms with Gasteiger partial charge in [0.05, 0.1) is 27.9 Å². The van der Waals surface area contributed by atoms with Gasteiger partial charge in [-0.3, -0.25) is 14.5 Å². The molecule has 2 aromatic rings. The van der Waals surface area contributed by atoms with Crippen molar-refractivity contribution in [3.05, 3.63) is 48.0 Å². The first-order valence-electron chi connectivity index (χ1n) is 10.7. The number of nitrogens with zero attached hydrogens (tertiary/aromatic N) is 2. The van der Waals surface area contributed by atoms with Gasteiger partial charge in [0.25, 0.3) is 0 Å². The van der Waals surface area contributed by atoms with Crippen LogP contribution in [0.25, 0.3) is 0 Å². The molecule has 32 heavy (non-hydrogen) atoms. The maximum absolute atomic E-state index is 13.3. The predicted molar refractivity (Wildman–Crippen MR) is 122 cm³/mol. The van der Waals surface area contributed by atoms with Crippen LogP contribution in [0.1, 0.15) is 30.9 Å². The van der Waals surface area contributed by atoms with Crippen LogP contribution >= 0.6 is 0 Å². The van der Waals surface area contributed by atoms with Crippen LogP contribution in [-0.4, -0.2) is 57.7 Å². The van der Waals surface area contributed by atoms with E-state index in [1.54, 1.807) is 38.4 Å². The summed E-state index contributed by atoms with van der Waals surface area (Å²) < 4.78 is 16.1. The highest BCUT2D eigenvalue weighted by Crippen LogP contribution is 2.38. The van der Waals surface area contributed by atoms with E-state index in [4.69, 9.17) is 19.9 Å². The number of benzene rings is 2. The minimum absolute atomic E-state index is 0.0636. The third kappa shape index (κ3) is 5.50. The number of methoxy groups -OCH3 is 3. The zero-order chi connectivity index (χ0) is 23.1. The average Bonchev–Trinajstić information content (AvgIpc) is 3.26.